The fourth-order valence-electron chi connectivity index (χ4n) is 2.92. The summed E-state index contributed by atoms with van der Waals surface area (Å²) in [5.41, 5.74) is 3.37. The van der Waals surface area contributed by atoms with E-state index in [9.17, 15) is 4.79 Å². The van der Waals surface area contributed by atoms with Gasteiger partial charge in [0.1, 0.15) is 0 Å². The highest BCUT2D eigenvalue weighted by molar-refractivity contribution is 14.0. The van der Waals surface area contributed by atoms with Crippen molar-refractivity contribution in [3.05, 3.63) is 47.0 Å². The van der Waals surface area contributed by atoms with Crippen LogP contribution in [-0.4, -0.2) is 32.0 Å². The second kappa shape index (κ2) is 12.7. The molecule has 0 spiro atoms. The van der Waals surface area contributed by atoms with Crippen LogP contribution in [0.15, 0.2) is 40.9 Å². The molecular formula is C20H31IN4O. The number of carbonyl (C=O) groups is 1. The predicted octanol–water partition coefficient (Wildman–Crippen LogP) is 3.61. The minimum atomic E-state index is -0.0310. The van der Waals surface area contributed by atoms with Crippen molar-refractivity contribution in [2.75, 3.05) is 20.1 Å². The van der Waals surface area contributed by atoms with E-state index in [-0.39, 0.29) is 29.9 Å². The summed E-state index contributed by atoms with van der Waals surface area (Å²) in [7, 11) is 1.79. The van der Waals surface area contributed by atoms with Crippen LogP contribution < -0.4 is 16.0 Å². The molecule has 0 unspecified atom stereocenters. The van der Waals surface area contributed by atoms with Crippen LogP contribution in [0.1, 0.15) is 54.9 Å². The number of nitrogens with one attached hydrogen (secondary N) is 3. The normalized spacial score (nSPS) is 14.1. The molecular weight excluding hydrogens is 439 g/mol. The maximum Gasteiger partial charge on any atom is 0.251 e. The van der Waals surface area contributed by atoms with Crippen LogP contribution in [0, 0.1) is 0 Å². The molecule has 6 heteroatoms. The third kappa shape index (κ3) is 7.76. The monoisotopic (exact) mass is 470 g/mol. The zero-order chi connectivity index (χ0) is 17.9. The Hall–Kier alpha value is -1.57. The molecule has 0 aliphatic heterocycles. The van der Waals surface area contributed by atoms with Crippen LogP contribution in [0.5, 0.6) is 0 Å². The van der Waals surface area contributed by atoms with Crippen LogP contribution in [0.3, 0.4) is 0 Å². The number of nitrogens with zero attached hydrogens (tertiary/aromatic N) is 1. The molecule has 1 aliphatic rings. The molecule has 0 saturated carbocycles. The number of guanidine groups is 1. The molecule has 1 aromatic carbocycles. The summed E-state index contributed by atoms with van der Waals surface area (Å²) in [4.78, 5) is 16.0. The standard InChI is InChI=1S/C20H30N4O.HI/c1-3-22-19(25)18-11-9-17(10-12-18)15-24-20(21-2)23-14-13-16-7-5-4-6-8-16;/h7,9-12H,3-6,8,13-15H2,1-2H3,(H,22,25)(H2,21,23,24);1H. The molecule has 2 rings (SSSR count). The first-order valence-electron chi connectivity index (χ1n) is 9.22. The maximum absolute atomic E-state index is 11.8. The Morgan fingerprint density at radius 3 is 2.50 bits per heavy atom. The number of amides is 1. The SMILES string of the molecule is CCNC(=O)c1ccc(CNC(=NC)NCCC2=CCCCC2)cc1.I. The Balaban J connectivity index is 0.00000338. The smallest absolute Gasteiger partial charge is 0.251 e. The van der Waals surface area contributed by atoms with Crippen molar-refractivity contribution in [3.63, 3.8) is 0 Å². The lowest BCUT2D eigenvalue weighted by Crippen LogP contribution is -2.37. The fourth-order valence-corrected chi connectivity index (χ4v) is 2.92. The highest BCUT2D eigenvalue weighted by atomic mass is 127. The lowest BCUT2D eigenvalue weighted by molar-refractivity contribution is 0.0956. The Morgan fingerprint density at radius 1 is 1.12 bits per heavy atom. The third-order valence-electron chi connectivity index (χ3n) is 4.36. The van der Waals surface area contributed by atoms with Gasteiger partial charge in [-0.05, 0) is 56.7 Å². The summed E-state index contributed by atoms with van der Waals surface area (Å²) < 4.78 is 0. The molecule has 0 saturated heterocycles. The van der Waals surface area contributed by atoms with Crippen LogP contribution >= 0.6 is 24.0 Å². The summed E-state index contributed by atoms with van der Waals surface area (Å²) >= 11 is 0. The summed E-state index contributed by atoms with van der Waals surface area (Å²) in [6.45, 7) is 4.14. The molecule has 3 N–H and O–H groups in total. The summed E-state index contributed by atoms with van der Waals surface area (Å²) in [5.74, 6) is 0.778. The quantitative estimate of drug-likeness (QED) is 0.247. The lowest BCUT2D eigenvalue weighted by atomic mass is 9.97. The van der Waals surface area contributed by atoms with E-state index in [0.29, 0.717) is 18.7 Å². The molecule has 0 atom stereocenters. The largest absolute Gasteiger partial charge is 0.356 e. The average molecular weight is 470 g/mol. The molecule has 5 nitrogen and oxygen atoms in total. The van der Waals surface area contributed by atoms with E-state index in [0.717, 1.165) is 24.5 Å². The highest BCUT2D eigenvalue weighted by Gasteiger charge is 2.05. The molecule has 0 radical (unpaired) electrons. The zero-order valence-electron chi connectivity index (χ0n) is 15.8. The lowest BCUT2D eigenvalue weighted by Gasteiger charge is -2.15. The van der Waals surface area contributed by atoms with Gasteiger partial charge in [0, 0.05) is 32.2 Å². The predicted molar refractivity (Wildman–Crippen MR) is 119 cm³/mol. The minimum Gasteiger partial charge on any atom is -0.356 e. The first-order chi connectivity index (χ1) is 12.2. The number of aliphatic imine (C=N–C) groups is 1. The van der Waals surface area contributed by atoms with Crippen LogP contribution in [0.25, 0.3) is 0 Å². The number of halogens is 1. The minimum absolute atomic E-state index is 0. The van der Waals surface area contributed by atoms with E-state index >= 15 is 0 Å². The van der Waals surface area contributed by atoms with E-state index in [1.54, 1.807) is 12.6 Å². The molecule has 1 amide bonds. The van der Waals surface area contributed by atoms with Crippen LogP contribution in [0.4, 0.5) is 0 Å². The first-order valence-corrected chi connectivity index (χ1v) is 9.22. The van der Waals surface area contributed by atoms with Gasteiger partial charge in [0.2, 0.25) is 0 Å². The van der Waals surface area contributed by atoms with Crippen molar-refractivity contribution in [2.24, 2.45) is 4.99 Å². The second-order valence-corrected chi connectivity index (χ2v) is 6.27. The Bertz CT molecular complexity index is 611. The van der Waals surface area contributed by atoms with Gasteiger partial charge in [0.25, 0.3) is 5.91 Å². The number of carbonyl (C=O) groups excluding carboxylic acids is 1. The average Bonchev–Trinajstić information content (AvgIpc) is 2.66. The van der Waals surface area contributed by atoms with Crippen molar-refractivity contribution in [3.8, 4) is 0 Å². The van der Waals surface area contributed by atoms with Gasteiger partial charge < -0.3 is 16.0 Å². The fraction of sp³-hybridized carbons (Fsp3) is 0.500. The van der Waals surface area contributed by atoms with Gasteiger partial charge in [-0.25, -0.2) is 0 Å². The Kier molecular flexibility index (Phi) is 11.0. The summed E-state index contributed by atoms with van der Waals surface area (Å²) in [5, 5.41) is 9.49. The van der Waals surface area contributed by atoms with Gasteiger partial charge in [-0.1, -0.05) is 23.8 Å². The number of benzene rings is 1. The number of allylic oxidation sites excluding steroid dienone is 1. The zero-order valence-corrected chi connectivity index (χ0v) is 18.1. The van der Waals surface area contributed by atoms with Crippen molar-refractivity contribution < 1.29 is 4.79 Å². The molecule has 0 fully saturated rings. The topological polar surface area (TPSA) is 65.5 Å². The summed E-state index contributed by atoms with van der Waals surface area (Å²) in [6, 6.07) is 7.65. The van der Waals surface area contributed by atoms with Gasteiger partial charge in [0.05, 0.1) is 0 Å². The molecule has 0 heterocycles. The molecule has 0 aromatic heterocycles. The van der Waals surface area contributed by atoms with Gasteiger partial charge in [0.15, 0.2) is 5.96 Å². The van der Waals surface area contributed by atoms with E-state index in [1.165, 1.54) is 25.7 Å². The second-order valence-electron chi connectivity index (χ2n) is 6.27. The molecule has 26 heavy (non-hydrogen) atoms. The molecule has 1 aliphatic carbocycles. The maximum atomic E-state index is 11.8. The van der Waals surface area contributed by atoms with Crippen molar-refractivity contribution in [1.82, 2.24) is 16.0 Å². The molecule has 144 valence electrons. The van der Waals surface area contributed by atoms with Crippen molar-refractivity contribution in [2.45, 2.75) is 45.6 Å². The van der Waals surface area contributed by atoms with E-state index in [2.05, 4.69) is 27.0 Å². The Labute approximate surface area is 174 Å². The van der Waals surface area contributed by atoms with E-state index < -0.39 is 0 Å². The van der Waals surface area contributed by atoms with E-state index in [1.807, 2.05) is 31.2 Å². The van der Waals surface area contributed by atoms with Crippen LogP contribution in [-0.2, 0) is 6.54 Å². The molecule has 0 bridgehead atoms. The van der Waals surface area contributed by atoms with Crippen LogP contribution in [0.2, 0.25) is 0 Å². The van der Waals surface area contributed by atoms with Crippen molar-refractivity contribution in [1.29, 1.82) is 0 Å². The Morgan fingerprint density at radius 2 is 1.88 bits per heavy atom. The van der Waals surface area contributed by atoms with Gasteiger partial charge in [-0.2, -0.15) is 0 Å². The summed E-state index contributed by atoms with van der Waals surface area (Å²) in [6.07, 6.45) is 8.60. The number of hydrogen-bond acceptors (Lipinski definition) is 2. The third-order valence-corrected chi connectivity index (χ3v) is 4.36. The highest BCUT2D eigenvalue weighted by Crippen LogP contribution is 2.19. The van der Waals surface area contributed by atoms with Crippen molar-refractivity contribution >= 4 is 35.8 Å². The van der Waals surface area contributed by atoms with E-state index in [4.69, 9.17) is 0 Å². The van der Waals surface area contributed by atoms with Gasteiger partial charge in [-0.3, -0.25) is 9.79 Å². The number of hydrogen-bond donors (Lipinski definition) is 3. The number of rotatable bonds is 7. The molecule has 1 aromatic rings. The van der Waals surface area contributed by atoms with Gasteiger partial charge in [-0.15, -0.1) is 24.0 Å². The van der Waals surface area contributed by atoms with Gasteiger partial charge >= 0.3 is 0 Å². The first kappa shape index (κ1) is 22.5.